The molecule has 0 aromatic heterocycles. The summed E-state index contributed by atoms with van der Waals surface area (Å²) in [5, 5.41) is 93.4. The lowest BCUT2D eigenvalue weighted by molar-refractivity contribution is -0.165. The second-order valence-electron chi connectivity index (χ2n) is 7.21. The summed E-state index contributed by atoms with van der Waals surface area (Å²) in [6.45, 7) is 0.814. The molecule has 0 aliphatic heterocycles. The number of likely N-dealkylation sites (N-methyl/N-ethyl adjacent to an activating group) is 2. The van der Waals surface area contributed by atoms with Crippen molar-refractivity contribution in [2.24, 2.45) is 0 Å². The summed E-state index contributed by atoms with van der Waals surface area (Å²) in [7, 11) is 3.45. The van der Waals surface area contributed by atoms with Crippen molar-refractivity contribution in [3.8, 4) is 23.0 Å². The summed E-state index contributed by atoms with van der Waals surface area (Å²) in [5.74, 6) is -4.33. The summed E-state index contributed by atoms with van der Waals surface area (Å²) in [6, 6.07) is 8.52. The van der Waals surface area contributed by atoms with E-state index in [9.17, 15) is 19.8 Å². The van der Waals surface area contributed by atoms with Crippen LogP contribution in [0, 0.1) is 0 Å². The first-order valence-corrected chi connectivity index (χ1v) is 10.3. The Balaban J connectivity index is 0. The van der Waals surface area contributed by atoms with Gasteiger partial charge in [0, 0.05) is 13.1 Å². The highest BCUT2D eigenvalue weighted by molar-refractivity contribution is 5.85. The van der Waals surface area contributed by atoms with Crippen molar-refractivity contribution >= 4 is 24.3 Å². The molecule has 0 amide bonds. The van der Waals surface area contributed by atoms with Gasteiger partial charge in [-0.2, -0.15) is 0 Å². The highest BCUT2D eigenvalue weighted by Gasteiger charge is 2.29. The number of nitrogens with one attached hydrogen (secondary N) is 2. The maximum atomic E-state index is 9.77. The Bertz CT molecular complexity index is 901. The van der Waals surface area contributed by atoms with Crippen LogP contribution in [0.15, 0.2) is 36.4 Å². The maximum Gasteiger partial charge on any atom is 0.335 e. The molecule has 2 rings (SSSR count). The van der Waals surface area contributed by atoms with E-state index in [1.807, 2.05) is 0 Å². The first-order chi connectivity index (χ1) is 16.8. The molecule has 210 valence electrons. The molecule has 4 atom stereocenters. The lowest BCUT2D eigenvalue weighted by atomic mass is 10.1. The molecule has 0 bridgehead atoms. The molecule has 2 aromatic rings. The summed E-state index contributed by atoms with van der Waals surface area (Å²) in [4.78, 5) is 19.5. The lowest BCUT2D eigenvalue weighted by Crippen LogP contribution is -2.39. The van der Waals surface area contributed by atoms with E-state index in [0.29, 0.717) is 24.2 Å². The number of hydrogen-bond acceptors (Lipinski definition) is 12. The van der Waals surface area contributed by atoms with Crippen LogP contribution in [0.4, 0.5) is 0 Å². The molecule has 15 heteroatoms. The normalized spacial score (nSPS) is 13.2. The number of halogens is 1. The van der Waals surface area contributed by atoms with Crippen LogP contribution in [0.25, 0.3) is 0 Å². The number of aliphatic hydroxyl groups excluding tert-OH is 4. The van der Waals surface area contributed by atoms with Crippen LogP contribution in [0.2, 0.25) is 0 Å². The number of benzene rings is 2. The van der Waals surface area contributed by atoms with Crippen LogP contribution in [0.3, 0.4) is 0 Å². The SMILES string of the molecule is CNC[C@H](O)c1ccc(O)c(O)c1.CNC[C@H](O)c1ccc(O)c(O)c1.Cl.O=C(O)C(O)C(O)C(=O)O. The van der Waals surface area contributed by atoms with Gasteiger partial charge >= 0.3 is 11.9 Å². The quantitative estimate of drug-likeness (QED) is 0.166. The Morgan fingerprint density at radius 2 is 0.946 bits per heavy atom. The van der Waals surface area contributed by atoms with Crippen molar-refractivity contribution in [1.82, 2.24) is 10.6 Å². The molecule has 0 heterocycles. The third-order valence-electron chi connectivity index (χ3n) is 4.37. The minimum atomic E-state index is -2.27. The van der Waals surface area contributed by atoms with Crippen LogP contribution >= 0.6 is 12.4 Å². The van der Waals surface area contributed by atoms with E-state index >= 15 is 0 Å². The van der Waals surface area contributed by atoms with Gasteiger partial charge in [-0.1, -0.05) is 12.1 Å². The van der Waals surface area contributed by atoms with Crippen molar-refractivity contribution in [3.05, 3.63) is 47.5 Å². The molecule has 0 spiro atoms. The molecular formula is C22H33ClN2O12. The molecule has 37 heavy (non-hydrogen) atoms. The van der Waals surface area contributed by atoms with Crippen molar-refractivity contribution in [2.75, 3.05) is 27.2 Å². The number of aliphatic carboxylic acids is 2. The molecule has 0 aliphatic rings. The van der Waals surface area contributed by atoms with E-state index in [2.05, 4.69) is 10.6 Å². The van der Waals surface area contributed by atoms with E-state index < -0.39 is 36.4 Å². The molecule has 0 saturated heterocycles. The molecular weight excluding hydrogens is 520 g/mol. The second kappa shape index (κ2) is 18.0. The average molecular weight is 553 g/mol. The molecule has 2 aromatic carbocycles. The fourth-order valence-electron chi connectivity index (χ4n) is 2.39. The van der Waals surface area contributed by atoms with Crippen LogP contribution < -0.4 is 10.6 Å². The van der Waals surface area contributed by atoms with Gasteiger partial charge < -0.3 is 61.7 Å². The van der Waals surface area contributed by atoms with Crippen LogP contribution in [0.5, 0.6) is 23.0 Å². The van der Waals surface area contributed by atoms with Gasteiger partial charge in [-0.15, -0.1) is 12.4 Å². The fourth-order valence-corrected chi connectivity index (χ4v) is 2.39. The molecule has 0 fully saturated rings. The van der Waals surface area contributed by atoms with Crippen molar-refractivity contribution < 1.29 is 60.7 Å². The number of hydrogen-bond donors (Lipinski definition) is 12. The number of carbonyl (C=O) groups is 2. The number of carboxylic acid groups (broad SMARTS) is 2. The Morgan fingerprint density at radius 3 is 1.16 bits per heavy atom. The second-order valence-corrected chi connectivity index (χ2v) is 7.21. The smallest absolute Gasteiger partial charge is 0.335 e. The Morgan fingerprint density at radius 1 is 0.649 bits per heavy atom. The van der Waals surface area contributed by atoms with E-state index in [1.54, 1.807) is 26.2 Å². The molecule has 0 saturated carbocycles. The summed E-state index contributed by atoms with van der Waals surface area (Å²) in [5.41, 5.74) is 1.15. The van der Waals surface area contributed by atoms with Gasteiger partial charge in [-0.05, 0) is 49.5 Å². The summed E-state index contributed by atoms with van der Waals surface area (Å²) in [6.07, 6.45) is -5.87. The van der Waals surface area contributed by atoms with Gasteiger partial charge in [0.25, 0.3) is 0 Å². The Hall–Kier alpha value is -3.37. The highest BCUT2D eigenvalue weighted by Crippen LogP contribution is 2.28. The molecule has 0 aliphatic carbocycles. The zero-order valence-electron chi connectivity index (χ0n) is 19.9. The van der Waals surface area contributed by atoms with Crippen molar-refractivity contribution in [2.45, 2.75) is 24.4 Å². The Labute approximate surface area is 218 Å². The number of aromatic hydroxyl groups is 4. The predicted molar refractivity (Wildman–Crippen MR) is 132 cm³/mol. The van der Waals surface area contributed by atoms with Gasteiger partial charge in [-0.25, -0.2) is 9.59 Å². The van der Waals surface area contributed by atoms with E-state index in [4.69, 9.17) is 40.9 Å². The van der Waals surface area contributed by atoms with Gasteiger partial charge in [-0.3, -0.25) is 0 Å². The largest absolute Gasteiger partial charge is 0.504 e. The first kappa shape index (κ1) is 35.8. The molecule has 14 nitrogen and oxygen atoms in total. The monoisotopic (exact) mass is 552 g/mol. The third-order valence-corrected chi connectivity index (χ3v) is 4.37. The third kappa shape index (κ3) is 12.9. The zero-order chi connectivity index (χ0) is 28.0. The van der Waals surface area contributed by atoms with Crippen molar-refractivity contribution in [1.29, 1.82) is 0 Å². The first-order valence-electron chi connectivity index (χ1n) is 10.3. The number of rotatable bonds is 9. The van der Waals surface area contributed by atoms with Gasteiger partial charge in [0.2, 0.25) is 0 Å². The van der Waals surface area contributed by atoms with E-state index in [-0.39, 0.29) is 35.4 Å². The predicted octanol–water partition coefficient (Wildman–Crippen LogP) is -1.000. The zero-order valence-corrected chi connectivity index (χ0v) is 20.7. The number of carboxylic acids is 2. The van der Waals surface area contributed by atoms with E-state index in [1.165, 1.54) is 24.3 Å². The van der Waals surface area contributed by atoms with Gasteiger partial charge in [0.1, 0.15) is 0 Å². The molecule has 12 N–H and O–H groups in total. The number of phenols is 4. The average Bonchev–Trinajstić information content (AvgIpc) is 2.82. The van der Waals surface area contributed by atoms with E-state index in [0.717, 1.165) is 0 Å². The van der Waals surface area contributed by atoms with Crippen LogP contribution in [0.1, 0.15) is 23.3 Å². The van der Waals surface area contributed by atoms with Crippen LogP contribution in [-0.2, 0) is 9.59 Å². The molecule has 2 unspecified atom stereocenters. The summed E-state index contributed by atoms with van der Waals surface area (Å²) < 4.78 is 0. The van der Waals surface area contributed by atoms with Gasteiger partial charge in [0.05, 0.1) is 12.2 Å². The minimum absolute atomic E-state index is 0. The van der Waals surface area contributed by atoms with Gasteiger partial charge in [0.15, 0.2) is 35.2 Å². The standard InChI is InChI=1S/2C9H13NO3.C4H6O6.ClH/c2*1-10-5-9(13)6-2-3-7(11)8(12)4-6;5-1(3(7)8)2(6)4(9)10;/h2*2-4,9-13H,5H2,1H3;1-2,5-6H,(H,7,8)(H,9,10);1H/t2*9-;;/m00../s1. The topological polar surface area (TPSA) is 260 Å². The molecule has 0 radical (unpaired) electrons. The minimum Gasteiger partial charge on any atom is -0.504 e. The number of aliphatic hydroxyl groups is 4. The maximum absolute atomic E-state index is 9.77. The fraction of sp³-hybridized carbons (Fsp3) is 0.364. The van der Waals surface area contributed by atoms with Crippen LogP contribution in [-0.4, -0.2) is 102 Å². The highest BCUT2D eigenvalue weighted by atomic mass is 35.5. The Kier molecular flexibility index (Phi) is 17.4. The van der Waals surface area contributed by atoms with Crippen molar-refractivity contribution in [3.63, 3.8) is 0 Å². The lowest BCUT2D eigenvalue weighted by Gasteiger charge is -2.10. The number of phenolic OH excluding ortho intramolecular Hbond substituents is 4. The summed E-state index contributed by atoms with van der Waals surface area (Å²) >= 11 is 0.